The summed E-state index contributed by atoms with van der Waals surface area (Å²) < 4.78 is 5.33. The second-order valence-corrected chi connectivity index (χ2v) is 5.44. The Morgan fingerprint density at radius 3 is 2.84 bits per heavy atom. The predicted octanol–water partition coefficient (Wildman–Crippen LogP) is 2.31. The van der Waals surface area contributed by atoms with Crippen LogP contribution in [0.1, 0.15) is 24.4 Å². The second kappa shape index (κ2) is 7.63. The SMILES string of the molecule is CNCC(c1ccccc1)N1CCCC(COC)C1. The molecule has 1 aliphatic rings. The maximum absolute atomic E-state index is 5.33. The Hall–Kier alpha value is -0.900. The highest BCUT2D eigenvalue weighted by Gasteiger charge is 2.26. The quantitative estimate of drug-likeness (QED) is 0.851. The zero-order chi connectivity index (χ0) is 13.5. The molecule has 3 heteroatoms. The van der Waals surface area contributed by atoms with Gasteiger partial charge in [-0.3, -0.25) is 4.90 Å². The van der Waals surface area contributed by atoms with E-state index in [1.54, 1.807) is 7.11 Å². The molecule has 0 radical (unpaired) electrons. The lowest BCUT2D eigenvalue weighted by atomic mass is 9.95. The Kier molecular flexibility index (Phi) is 5.83. The molecule has 2 atom stereocenters. The molecule has 0 aliphatic carbocycles. The normalized spacial score (nSPS) is 22.3. The van der Waals surface area contributed by atoms with E-state index in [1.165, 1.54) is 24.9 Å². The third-order valence-corrected chi connectivity index (χ3v) is 3.98. The molecular formula is C16H26N2O. The lowest BCUT2D eigenvalue weighted by Crippen LogP contribution is -2.42. The van der Waals surface area contributed by atoms with Gasteiger partial charge in [0.1, 0.15) is 0 Å². The van der Waals surface area contributed by atoms with Gasteiger partial charge in [-0.05, 0) is 37.9 Å². The van der Waals surface area contributed by atoms with Gasteiger partial charge in [-0.1, -0.05) is 30.3 Å². The van der Waals surface area contributed by atoms with Crippen molar-refractivity contribution in [2.45, 2.75) is 18.9 Å². The average molecular weight is 262 g/mol. The first-order chi connectivity index (χ1) is 9.35. The molecule has 1 N–H and O–H groups in total. The summed E-state index contributed by atoms with van der Waals surface area (Å²) in [7, 11) is 3.84. The van der Waals surface area contributed by atoms with Gasteiger partial charge in [0.05, 0.1) is 6.61 Å². The first kappa shape index (κ1) is 14.5. The van der Waals surface area contributed by atoms with Gasteiger partial charge in [-0.25, -0.2) is 0 Å². The number of rotatable bonds is 6. The molecule has 1 heterocycles. The highest BCUT2D eigenvalue weighted by atomic mass is 16.5. The standard InChI is InChI=1S/C16H26N2O/c1-17-11-16(15-8-4-3-5-9-15)18-10-6-7-14(12-18)13-19-2/h3-5,8-9,14,16-17H,6-7,10-13H2,1-2H3. The van der Waals surface area contributed by atoms with Gasteiger partial charge < -0.3 is 10.1 Å². The van der Waals surface area contributed by atoms with E-state index in [9.17, 15) is 0 Å². The molecule has 2 rings (SSSR count). The Bertz CT molecular complexity index is 353. The zero-order valence-electron chi connectivity index (χ0n) is 12.1. The smallest absolute Gasteiger partial charge is 0.0502 e. The second-order valence-electron chi connectivity index (χ2n) is 5.44. The highest BCUT2D eigenvalue weighted by Crippen LogP contribution is 2.26. The van der Waals surface area contributed by atoms with E-state index in [-0.39, 0.29) is 0 Å². The molecule has 19 heavy (non-hydrogen) atoms. The Balaban J connectivity index is 2.06. The van der Waals surface area contributed by atoms with Crippen molar-refractivity contribution < 1.29 is 4.74 Å². The van der Waals surface area contributed by atoms with Gasteiger partial charge in [-0.2, -0.15) is 0 Å². The molecule has 1 aromatic rings. The number of ether oxygens (including phenoxy) is 1. The third kappa shape index (κ3) is 4.03. The molecule has 106 valence electrons. The van der Waals surface area contributed by atoms with E-state index in [0.29, 0.717) is 12.0 Å². The van der Waals surface area contributed by atoms with Crippen LogP contribution in [0.5, 0.6) is 0 Å². The van der Waals surface area contributed by atoms with E-state index in [1.807, 2.05) is 7.05 Å². The summed E-state index contributed by atoms with van der Waals surface area (Å²) in [6.45, 7) is 4.23. The van der Waals surface area contributed by atoms with E-state index < -0.39 is 0 Å². The molecule has 0 spiro atoms. The van der Waals surface area contributed by atoms with Crippen LogP contribution in [0.4, 0.5) is 0 Å². The first-order valence-electron chi connectivity index (χ1n) is 7.27. The van der Waals surface area contributed by atoms with Crippen LogP contribution in [-0.2, 0) is 4.74 Å². The lowest BCUT2D eigenvalue weighted by Gasteiger charge is -2.38. The summed E-state index contributed by atoms with van der Waals surface area (Å²) in [5.41, 5.74) is 1.41. The summed E-state index contributed by atoms with van der Waals surface area (Å²) in [5, 5.41) is 3.34. The van der Waals surface area contributed by atoms with Gasteiger partial charge >= 0.3 is 0 Å². The Morgan fingerprint density at radius 1 is 1.37 bits per heavy atom. The summed E-state index contributed by atoms with van der Waals surface area (Å²) in [6, 6.07) is 11.3. The van der Waals surface area contributed by atoms with Gasteiger partial charge in [0.15, 0.2) is 0 Å². The van der Waals surface area contributed by atoms with Crippen molar-refractivity contribution in [2.75, 3.05) is 40.4 Å². The van der Waals surface area contributed by atoms with Gasteiger partial charge in [0.25, 0.3) is 0 Å². The van der Waals surface area contributed by atoms with Crippen LogP contribution >= 0.6 is 0 Å². The first-order valence-corrected chi connectivity index (χ1v) is 7.27. The van der Waals surface area contributed by atoms with E-state index in [0.717, 1.165) is 19.7 Å². The summed E-state index contributed by atoms with van der Waals surface area (Å²) in [6.07, 6.45) is 2.58. The van der Waals surface area contributed by atoms with Crippen molar-refractivity contribution >= 4 is 0 Å². The molecule has 1 saturated heterocycles. The largest absolute Gasteiger partial charge is 0.384 e. The molecule has 0 amide bonds. The van der Waals surface area contributed by atoms with E-state index in [2.05, 4.69) is 40.5 Å². The molecule has 1 fully saturated rings. The van der Waals surface area contributed by atoms with Crippen molar-refractivity contribution in [1.82, 2.24) is 10.2 Å². The number of hydrogen-bond acceptors (Lipinski definition) is 3. The molecule has 1 aromatic carbocycles. The van der Waals surface area contributed by atoms with Crippen LogP contribution in [0.3, 0.4) is 0 Å². The van der Waals surface area contributed by atoms with E-state index in [4.69, 9.17) is 4.74 Å². The van der Waals surface area contributed by atoms with Crippen molar-refractivity contribution in [3.05, 3.63) is 35.9 Å². The van der Waals surface area contributed by atoms with Crippen LogP contribution in [0.2, 0.25) is 0 Å². The maximum Gasteiger partial charge on any atom is 0.0502 e. The summed E-state index contributed by atoms with van der Waals surface area (Å²) >= 11 is 0. The monoisotopic (exact) mass is 262 g/mol. The summed E-state index contributed by atoms with van der Waals surface area (Å²) in [4.78, 5) is 2.61. The number of nitrogens with one attached hydrogen (secondary N) is 1. The molecule has 0 aromatic heterocycles. The summed E-state index contributed by atoms with van der Waals surface area (Å²) in [5.74, 6) is 0.682. The number of methoxy groups -OCH3 is 1. The van der Waals surface area contributed by atoms with Crippen LogP contribution in [0, 0.1) is 5.92 Å². The number of piperidine rings is 1. The number of hydrogen-bond donors (Lipinski definition) is 1. The Labute approximate surface area is 116 Å². The van der Waals surface area contributed by atoms with Gasteiger partial charge in [-0.15, -0.1) is 0 Å². The van der Waals surface area contributed by atoms with Crippen molar-refractivity contribution in [1.29, 1.82) is 0 Å². The van der Waals surface area contributed by atoms with Crippen molar-refractivity contribution in [3.63, 3.8) is 0 Å². The minimum absolute atomic E-state index is 0.478. The molecule has 1 aliphatic heterocycles. The topological polar surface area (TPSA) is 24.5 Å². The molecule has 2 unspecified atom stereocenters. The molecule has 0 bridgehead atoms. The fraction of sp³-hybridized carbons (Fsp3) is 0.625. The van der Waals surface area contributed by atoms with Crippen molar-refractivity contribution in [3.8, 4) is 0 Å². The average Bonchev–Trinajstić information content (AvgIpc) is 2.46. The number of nitrogens with zero attached hydrogens (tertiary/aromatic N) is 1. The third-order valence-electron chi connectivity index (χ3n) is 3.98. The fourth-order valence-electron chi connectivity index (χ4n) is 3.08. The van der Waals surface area contributed by atoms with Gasteiger partial charge in [0.2, 0.25) is 0 Å². The van der Waals surface area contributed by atoms with Crippen LogP contribution in [-0.4, -0.2) is 45.3 Å². The highest BCUT2D eigenvalue weighted by molar-refractivity contribution is 5.19. The fourth-order valence-corrected chi connectivity index (χ4v) is 3.08. The minimum Gasteiger partial charge on any atom is -0.384 e. The van der Waals surface area contributed by atoms with Crippen LogP contribution in [0.15, 0.2) is 30.3 Å². The zero-order valence-corrected chi connectivity index (χ0v) is 12.1. The maximum atomic E-state index is 5.33. The number of likely N-dealkylation sites (tertiary alicyclic amines) is 1. The van der Waals surface area contributed by atoms with Crippen molar-refractivity contribution in [2.24, 2.45) is 5.92 Å². The van der Waals surface area contributed by atoms with Crippen LogP contribution < -0.4 is 5.32 Å². The van der Waals surface area contributed by atoms with Crippen LogP contribution in [0.25, 0.3) is 0 Å². The Morgan fingerprint density at radius 2 is 2.16 bits per heavy atom. The van der Waals surface area contributed by atoms with Gasteiger partial charge in [0, 0.05) is 26.2 Å². The number of benzene rings is 1. The number of likely N-dealkylation sites (N-methyl/N-ethyl adjacent to an activating group) is 1. The van der Waals surface area contributed by atoms with E-state index >= 15 is 0 Å². The lowest BCUT2D eigenvalue weighted by molar-refractivity contribution is 0.0679. The molecule has 3 nitrogen and oxygen atoms in total. The molecule has 0 saturated carbocycles. The molecular weight excluding hydrogens is 236 g/mol. The predicted molar refractivity (Wildman–Crippen MR) is 79.3 cm³/mol. The minimum atomic E-state index is 0.478.